The highest BCUT2D eigenvalue weighted by molar-refractivity contribution is 6.30. The third kappa shape index (κ3) is 4.10. The molecule has 0 atom stereocenters. The minimum Gasteiger partial charge on any atom is -0.339 e. The topological polar surface area (TPSA) is 50.2 Å². The molecule has 26 heavy (non-hydrogen) atoms. The molecule has 0 unspecified atom stereocenters. The Morgan fingerprint density at radius 2 is 2.08 bits per heavy atom. The lowest BCUT2D eigenvalue weighted by Gasteiger charge is -2.32. The van der Waals surface area contributed by atoms with Crippen molar-refractivity contribution in [1.29, 1.82) is 0 Å². The third-order valence-corrected chi connectivity index (χ3v) is 5.31. The maximum Gasteiger partial charge on any atom is 0.257 e. The number of nitrogens with one attached hydrogen (secondary N) is 1. The zero-order chi connectivity index (χ0) is 18.5. The number of nitrogens with zero attached hydrogens (tertiary/aromatic N) is 3. The summed E-state index contributed by atoms with van der Waals surface area (Å²) in [5.74, 6) is 0.760. The highest BCUT2D eigenvalue weighted by Crippen LogP contribution is 2.23. The summed E-state index contributed by atoms with van der Waals surface area (Å²) in [6.07, 6.45) is 4.56. The molecule has 1 aliphatic heterocycles. The van der Waals surface area contributed by atoms with Crippen LogP contribution in [-0.4, -0.2) is 46.8 Å². The van der Waals surface area contributed by atoms with E-state index in [1.807, 2.05) is 33.8 Å². The van der Waals surface area contributed by atoms with Crippen molar-refractivity contribution in [2.45, 2.75) is 33.1 Å². The van der Waals surface area contributed by atoms with Crippen LogP contribution in [0.1, 0.15) is 42.7 Å². The number of halogens is 1. The molecule has 0 aliphatic carbocycles. The smallest absolute Gasteiger partial charge is 0.257 e. The van der Waals surface area contributed by atoms with Crippen molar-refractivity contribution >= 4 is 17.5 Å². The lowest BCUT2D eigenvalue weighted by atomic mass is 9.96. The second-order valence-electron chi connectivity index (χ2n) is 6.79. The normalized spacial score (nSPS) is 15.4. The maximum absolute atomic E-state index is 13.0. The van der Waals surface area contributed by atoms with Gasteiger partial charge < -0.3 is 10.2 Å². The number of rotatable bonds is 6. The summed E-state index contributed by atoms with van der Waals surface area (Å²) in [6, 6.07) is 7.56. The van der Waals surface area contributed by atoms with E-state index in [0.29, 0.717) is 16.5 Å². The third-order valence-electron chi connectivity index (χ3n) is 5.07. The molecular weight excluding hydrogens is 348 g/mol. The van der Waals surface area contributed by atoms with E-state index in [2.05, 4.69) is 24.3 Å². The molecule has 1 aliphatic rings. The number of carbonyl (C=O) groups excluding carboxylic acids is 1. The van der Waals surface area contributed by atoms with Crippen molar-refractivity contribution in [2.75, 3.05) is 26.2 Å². The summed E-state index contributed by atoms with van der Waals surface area (Å²) >= 11 is 6.11. The Morgan fingerprint density at radius 1 is 1.31 bits per heavy atom. The van der Waals surface area contributed by atoms with E-state index in [1.165, 1.54) is 0 Å². The average molecular weight is 375 g/mol. The lowest BCUT2D eigenvalue weighted by Crippen LogP contribution is -2.41. The van der Waals surface area contributed by atoms with Gasteiger partial charge in [-0.1, -0.05) is 31.5 Å². The SMILES string of the molecule is CCNCC1CCN(C(=O)c2cnn(-c3cccc(Cl)c3)c2CC)CC1. The number of aromatic nitrogens is 2. The quantitative estimate of drug-likeness (QED) is 0.841. The van der Waals surface area contributed by atoms with Gasteiger partial charge in [-0.15, -0.1) is 0 Å². The number of piperidine rings is 1. The van der Waals surface area contributed by atoms with Gasteiger partial charge in [0.2, 0.25) is 0 Å². The van der Waals surface area contributed by atoms with Crippen molar-refractivity contribution in [3.63, 3.8) is 0 Å². The van der Waals surface area contributed by atoms with E-state index >= 15 is 0 Å². The zero-order valence-corrected chi connectivity index (χ0v) is 16.3. The predicted molar refractivity (Wildman–Crippen MR) is 105 cm³/mol. The van der Waals surface area contributed by atoms with E-state index in [0.717, 1.165) is 56.8 Å². The molecule has 140 valence electrons. The number of hydrogen-bond acceptors (Lipinski definition) is 3. The van der Waals surface area contributed by atoms with Gasteiger partial charge in [0.15, 0.2) is 0 Å². The van der Waals surface area contributed by atoms with Crippen LogP contribution < -0.4 is 5.32 Å². The number of carbonyl (C=O) groups is 1. The van der Waals surface area contributed by atoms with Crippen molar-refractivity contribution in [3.05, 3.63) is 46.7 Å². The van der Waals surface area contributed by atoms with Crippen LogP contribution in [0, 0.1) is 5.92 Å². The minimum atomic E-state index is 0.0945. The Labute approximate surface area is 160 Å². The van der Waals surface area contributed by atoms with Crippen molar-refractivity contribution in [3.8, 4) is 5.69 Å². The molecule has 1 aromatic heterocycles. The second kappa shape index (κ2) is 8.69. The van der Waals surface area contributed by atoms with Gasteiger partial charge in [0, 0.05) is 18.1 Å². The zero-order valence-electron chi connectivity index (χ0n) is 15.5. The summed E-state index contributed by atoms with van der Waals surface area (Å²) in [7, 11) is 0. The highest BCUT2D eigenvalue weighted by Gasteiger charge is 2.26. The Kier molecular flexibility index (Phi) is 6.33. The highest BCUT2D eigenvalue weighted by atomic mass is 35.5. The number of amides is 1. The lowest BCUT2D eigenvalue weighted by molar-refractivity contribution is 0.0689. The van der Waals surface area contributed by atoms with Crippen LogP contribution in [0.3, 0.4) is 0 Å². The van der Waals surface area contributed by atoms with Crippen LogP contribution in [0.25, 0.3) is 5.69 Å². The van der Waals surface area contributed by atoms with Gasteiger partial charge in [-0.3, -0.25) is 4.79 Å². The molecule has 2 aromatic rings. The number of likely N-dealkylation sites (tertiary alicyclic amines) is 1. The fraction of sp³-hybridized carbons (Fsp3) is 0.500. The first-order valence-electron chi connectivity index (χ1n) is 9.46. The molecule has 3 rings (SSSR count). The molecular formula is C20H27ClN4O. The molecule has 1 aromatic carbocycles. The average Bonchev–Trinajstić information content (AvgIpc) is 3.10. The summed E-state index contributed by atoms with van der Waals surface area (Å²) in [5.41, 5.74) is 2.53. The van der Waals surface area contributed by atoms with Gasteiger partial charge in [0.1, 0.15) is 0 Å². The monoisotopic (exact) mass is 374 g/mol. The van der Waals surface area contributed by atoms with Crippen LogP contribution in [0.15, 0.2) is 30.5 Å². The Balaban J connectivity index is 1.74. The van der Waals surface area contributed by atoms with Gasteiger partial charge in [0.25, 0.3) is 5.91 Å². The molecule has 2 heterocycles. The van der Waals surface area contributed by atoms with E-state index < -0.39 is 0 Å². The van der Waals surface area contributed by atoms with Gasteiger partial charge in [-0.05, 0) is 56.5 Å². The molecule has 1 N–H and O–H groups in total. The van der Waals surface area contributed by atoms with Crippen LogP contribution in [0.2, 0.25) is 5.02 Å². The first kappa shape index (κ1) is 18.9. The Hall–Kier alpha value is -1.85. The van der Waals surface area contributed by atoms with E-state index in [-0.39, 0.29) is 5.91 Å². The van der Waals surface area contributed by atoms with Gasteiger partial charge in [0.05, 0.1) is 23.1 Å². The first-order chi connectivity index (χ1) is 12.6. The maximum atomic E-state index is 13.0. The molecule has 1 saturated heterocycles. The standard InChI is InChI=1S/C20H27ClN4O/c1-3-19-18(14-23-25(19)17-7-5-6-16(21)12-17)20(26)24-10-8-15(9-11-24)13-22-4-2/h5-7,12,14-15,22H,3-4,8-11,13H2,1-2H3. The van der Waals surface area contributed by atoms with Gasteiger partial charge in [-0.2, -0.15) is 5.10 Å². The summed E-state index contributed by atoms with van der Waals surface area (Å²) in [6.45, 7) is 7.87. The molecule has 0 spiro atoms. The molecule has 0 bridgehead atoms. The largest absolute Gasteiger partial charge is 0.339 e. The Morgan fingerprint density at radius 3 is 2.73 bits per heavy atom. The predicted octanol–water partition coefficient (Wildman–Crippen LogP) is 3.55. The van der Waals surface area contributed by atoms with Crippen molar-refractivity contribution in [1.82, 2.24) is 20.0 Å². The van der Waals surface area contributed by atoms with E-state index in [4.69, 9.17) is 11.6 Å². The first-order valence-corrected chi connectivity index (χ1v) is 9.84. The molecule has 0 saturated carbocycles. The molecule has 6 heteroatoms. The summed E-state index contributed by atoms with van der Waals surface area (Å²) < 4.78 is 1.83. The number of benzene rings is 1. The summed E-state index contributed by atoms with van der Waals surface area (Å²) in [5, 5.41) is 8.54. The Bertz CT molecular complexity index is 750. The van der Waals surface area contributed by atoms with Gasteiger partial charge >= 0.3 is 0 Å². The molecule has 1 amide bonds. The van der Waals surface area contributed by atoms with Crippen LogP contribution in [0.4, 0.5) is 0 Å². The van der Waals surface area contributed by atoms with E-state index in [1.54, 1.807) is 6.20 Å². The van der Waals surface area contributed by atoms with Crippen LogP contribution in [0.5, 0.6) is 0 Å². The molecule has 1 fully saturated rings. The van der Waals surface area contributed by atoms with Crippen molar-refractivity contribution in [2.24, 2.45) is 5.92 Å². The number of hydrogen-bond donors (Lipinski definition) is 1. The second-order valence-corrected chi connectivity index (χ2v) is 7.23. The fourth-order valence-electron chi connectivity index (χ4n) is 3.58. The summed E-state index contributed by atoms with van der Waals surface area (Å²) in [4.78, 5) is 15.0. The van der Waals surface area contributed by atoms with Gasteiger partial charge in [-0.25, -0.2) is 4.68 Å². The minimum absolute atomic E-state index is 0.0945. The fourth-order valence-corrected chi connectivity index (χ4v) is 3.77. The van der Waals surface area contributed by atoms with Crippen LogP contribution >= 0.6 is 11.6 Å². The van der Waals surface area contributed by atoms with Crippen LogP contribution in [-0.2, 0) is 6.42 Å². The molecule has 0 radical (unpaired) electrons. The van der Waals surface area contributed by atoms with Crippen molar-refractivity contribution < 1.29 is 4.79 Å². The van der Waals surface area contributed by atoms with E-state index in [9.17, 15) is 4.79 Å². The molecule has 5 nitrogen and oxygen atoms in total.